The van der Waals surface area contributed by atoms with Crippen LogP contribution in [0.15, 0.2) is 58.6 Å². The average Bonchev–Trinajstić information content (AvgIpc) is 3.17. The Kier molecular flexibility index (Phi) is 6.73. The van der Waals surface area contributed by atoms with Gasteiger partial charge in [0, 0.05) is 19.3 Å². The van der Waals surface area contributed by atoms with Crippen LogP contribution in [-0.4, -0.2) is 53.9 Å². The number of ether oxygens (including phenoxy) is 2. The van der Waals surface area contributed by atoms with Crippen molar-refractivity contribution >= 4 is 15.9 Å². The topological polar surface area (TPSA) is 104 Å². The zero-order valence-corrected chi connectivity index (χ0v) is 19.8. The minimum Gasteiger partial charge on any atom is -0.497 e. The molecule has 0 spiro atoms. The minimum absolute atomic E-state index is 0.0562. The first-order valence-corrected chi connectivity index (χ1v) is 11.4. The van der Waals surface area contributed by atoms with E-state index in [4.69, 9.17) is 9.47 Å². The van der Waals surface area contributed by atoms with E-state index in [-0.39, 0.29) is 27.8 Å². The maximum atomic E-state index is 14.5. The number of amides is 1. The van der Waals surface area contributed by atoms with Crippen molar-refractivity contribution in [1.29, 1.82) is 0 Å². The summed E-state index contributed by atoms with van der Waals surface area (Å²) in [5.41, 5.74) is -0.636. The highest BCUT2D eigenvalue weighted by atomic mass is 32.2. The first-order valence-electron chi connectivity index (χ1n) is 9.95. The molecular weight excluding hydrogens is 451 g/mol. The van der Waals surface area contributed by atoms with Crippen molar-refractivity contribution in [3.05, 3.63) is 60.3 Å². The van der Waals surface area contributed by atoms with Gasteiger partial charge in [-0.05, 0) is 51.1 Å². The van der Waals surface area contributed by atoms with Crippen molar-refractivity contribution in [2.75, 3.05) is 14.2 Å². The highest BCUT2D eigenvalue weighted by Crippen LogP contribution is 2.28. The summed E-state index contributed by atoms with van der Waals surface area (Å²) in [5, 5.41) is 3.99. The Morgan fingerprint density at radius 2 is 1.91 bits per heavy atom. The van der Waals surface area contributed by atoms with Gasteiger partial charge < -0.3 is 14.4 Å². The van der Waals surface area contributed by atoms with Crippen LogP contribution in [-0.2, 0) is 21.1 Å². The first-order chi connectivity index (χ1) is 15.4. The SMILES string of the molecule is COc1cccc(S(=O)(=O)c2cc(CN(C)C(=O)OC(C)(C)C)nn2-c2cccnc2F)c1. The van der Waals surface area contributed by atoms with E-state index in [0.717, 1.165) is 4.68 Å². The molecule has 0 aliphatic heterocycles. The maximum Gasteiger partial charge on any atom is 0.410 e. The molecule has 0 aliphatic carbocycles. The van der Waals surface area contributed by atoms with Crippen molar-refractivity contribution in [2.24, 2.45) is 0 Å². The number of aromatic nitrogens is 3. The van der Waals surface area contributed by atoms with Gasteiger partial charge in [-0.25, -0.2) is 22.9 Å². The summed E-state index contributed by atoms with van der Waals surface area (Å²) in [6.07, 6.45) is 0.636. The van der Waals surface area contributed by atoms with E-state index in [2.05, 4.69) is 10.1 Å². The summed E-state index contributed by atoms with van der Waals surface area (Å²) in [5.74, 6) is -0.547. The molecule has 1 aromatic carbocycles. The van der Waals surface area contributed by atoms with Gasteiger partial charge in [0.15, 0.2) is 5.03 Å². The smallest absolute Gasteiger partial charge is 0.410 e. The van der Waals surface area contributed by atoms with Gasteiger partial charge in [0.25, 0.3) is 0 Å². The number of carbonyl (C=O) groups is 1. The number of pyridine rings is 1. The molecule has 1 amide bonds. The molecule has 176 valence electrons. The summed E-state index contributed by atoms with van der Waals surface area (Å²) in [6, 6.07) is 10.0. The molecule has 11 heteroatoms. The van der Waals surface area contributed by atoms with Crippen LogP contribution in [0, 0.1) is 5.95 Å². The number of sulfone groups is 1. The molecule has 0 N–H and O–H groups in total. The van der Waals surface area contributed by atoms with Gasteiger partial charge in [0.05, 0.1) is 24.2 Å². The highest BCUT2D eigenvalue weighted by Gasteiger charge is 2.28. The second-order valence-corrected chi connectivity index (χ2v) is 10.1. The molecule has 0 radical (unpaired) electrons. The van der Waals surface area contributed by atoms with E-state index < -0.39 is 27.5 Å². The second-order valence-electron chi connectivity index (χ2n) is 8.22. The Morgan fingerprint density at radius 3 is 2.55 bits per heavy atom. The van der Waals surface area contributed by atoms with E-state index in [9.17, 15) is 17.6 Å². The van der Waals surface area contributed by atoms with E-state index in [0.29, 0.717) is 5.75 Å². The van der Waals surface area contributed by atoms with Crippen LogP contribution in [0.3, 0.4) is 0 Å². The summed E-state index contributed by atoms with van der Waals surface area (Å²) < 4.78 is 52.8. The Morgan fingerprint density at radius 1 is 1.18 bits per heavy atom. The molecule has 2 heterocycles. The number of nitrogens with zero attached hydrogens (tertiary/aromatic N) is 4. The lowest BCUT2D eigenvalue weighted by atomic mass is 10.2. The fourth-order valence-corrected chi connectivity index (χ4v) is 4.35. The third kappa shape index (κ3) is 5.48. The monoisotopic (exact) mass is 476 g/mol. The fraction of sp³-hybridized carbons (Fsp3) is 0.318. The van der Waals surface area contributed by atoms with Crippen molar-refractivity contribution < 1.29 is 27.1 Å². The maximum absolute atomic E-state index is 14.5. The van der Waals surface area contributed by atoms with Crippen molar-refractivity contribution in [1.82, 2.24) is 19.7 Å². The van der Waals surface area contributed by atoms with Crippen LogP contribution < -0.4 is 4.74 Å². The van der Waals surface area contributed by atoms with Gasteiger partial charge in [-0.3, -0.25) is 0 Å². The fourth-order valence-electron chi connectivity index (χ4n) is 2.92. The largest absolute Gasteiger partial charge is 0.497 e. The lowest BCUT2D eigenvalue weighted by Crippen LogP contribution is -2.33. The van der Waals surface area contributed by atoms with Crippen molar-refractivity contribution in [3.63, 3.8) is 0 Å². The Bertz CT molecular complexity index is 1270. The Labute approximate surface area is 191 Å². The van der Waals surface area contributed by atoms with Gasteiger partial charge in [-0.2, -0.15) is 9.49 Å². The summed E-state index contributed by atoms with van der Waals surface area (Å²) >= 11 is 0. The number of methoxy groups -OCH3 is 1. The molecule has 0 saturated carbocycles. The molecule has 0 saturated heterocycles. The number of rotatable bonds is 6. The van der Waals surface area contributed by atoms with Crippen molar-refractivity contribution in [2.45, 2.75) is 42.8 Å². The number of hydrogen-bond donors (Lipinski definition) is 0. The van der Waals surface area contributed by atoms with Gasteiger partial charge in [-0.15, -0.1) is 0 Å². The van der Waals surface area contributed by atoms with Crippen LogP contribution in [0.1, 0.15) is 26.5 Å². The van der Waals surface area contributed by atoms with Crippen LogP contribution in [0.25, 0.3) is 5.69 Å². The molecule has 9 nitrogen and oxygen atoms in total. The zero-order valence-electron chi connectivity index (χ0n) is 18.9. The number of benzene rings is 1. The zero-order chi connectivity index (χ0) is 24.4. The second kappa shape index (κ2) is 9.18. The summed E-state index contributed by atoms with van der Waals surface area (Å²) in [7, 11) is -1.22. The predicted octanol–water partition coefficient (Wildman–Crippen LogP) is 3.61. The lowest BCUT2D eigenvalue weighted by molar-refractivity contribution is 0.0283. The number of carbonyl (C=O) groups excluding carboxylic acids is 1. The standard InChI is InChI=1S/C22H25FN4O5S/c1-22(2,3)32-21(28)26(4)14-15-12-19(27(25-15)18-10-7-11-24-20(18)23)33(29,30)17-9-6-8-16(13-17)31-5/h6-13H,14H2,1-5H3. The van der Waals surface area contributed by atoms with Gasteiger partial charge >= 0.3 is 6.09 Å². The van der Waals surface area contributed by atoms with E-state index in [1.54, 1.807) is 26.8 Å². The Hall–Kier alpha value is -3.47. The summed E-state index contributed by atoms with van der Waals surface area (Å²) in [4.78, 5) is 17.1. The molecule has 0 fully saturated rings. The molecule has 0 atom stereocenters. The third-order valence-corrected chi connectivity index (χ3v) is 6.14. The van der Waals surface area contributed by atoms with Gasteiger partial charge in [0.2, 0.25) is 15.8 Å². The third-order valence-electron chi connectivity index (χ3n) is 4.43. The quantitative estimate of drug-likeness (QED) is 0.501. The summed E-state index contributed by atoms with van der Waals surface area (Å²) in [6.45, 7) is 5.14. The number of hydrogen-bond acceptors (Lipinski definition) is 7. The van der Waals surface area contributed by atoms with Gasteiger partial charge in [-0.1, -0.05) is 6.07 Å². The van der Waals surface area contributed by atoms with E-state index in [1.165, 1.54) is 61.7 Å². The molecular formula is C22H25FN4O5S. The minimum atomic E-state index is -4.14. The molecule has 0 aliphatic rings. The van der Waals surface area contributed by atoms with E-state index >= 15 is 0 Å². The van der Waals surface area contributed by atoms with Crippen LogP contribution >= 0.6 is 0 Å². The molecule has 3 rings (SSSR count). The first kappa shape index (κ1) is 24.2. The lowest BCUT2D eigenvalue weighted by Gasteiger charge is -2.24. The number of halogens is 1. The van der Waals surface area contributed by atoms with Gasteiger partial charge in [0.1, 0.15) is 17.0 Å². The van der Waals surface area contributed by atoms with Crippen LogP contribution in [0.5, 0.6) is 5.75 Å². The molecule has 33 heavy (non-hydrogen) atoms. The average molecular weight is 477 g/mol. The molecule has 2 aromatic heterocycles. The molecule has 0 bridgehead atoms. The van der Waals surface area contributed by atoms with Crippen molar-refractivity contribution in [3.8, 4) is 11.4 Å². The molecule has 3 aromatic rings. The Balaban J connectivity index is 2.08. The highest BCUT2D eigenvalue weighted by molar-refractivity contribution is 7.91. The van der Waals surface area contributed by atoms with Crippen LogP contribution in [0.2, 0.25) is 0 Å². The predicted molar refractivity (Wildman–Crippen MR) is 117 cm³/mol. The van der Waals surface area contributed by atoms with E-state index in [1.807, 2.05) is 0 Å². The molecule has 0 unspecified atom stereocenters. The normalized spacial score (nSPS) is 11.8. The van der Waals surface area contributed by atoms with Crippen LogP contribution in [0.4, 0.5) is 9.18 Å².